The van der Waals surface area contributed by atoms with Crippen LogP contribution in [-0.2, 0) is 0 Å². The number of hydrogen-bond donors (Lipinski definition) is 0. The van der Waals surface area contributed by atoms with Gasteiger partial charge in [0, 0.05) is 0 Å². The van der Waals surface area contributed by atoms with Gasteiger partial charge < -0.3 is 4.74 Å². The normalized spacial score (nSPS) is 28.8. The van der Waals surface area contributed by atoms with Crippen LogP contribution in [0, 0.1) is 29.4 Å². The number of halogens is 5. The molecule has 0 unspecified atom stereocenters. The smallest absolute Gasteiger partial charge is 0.399 e. The number of benzene rings is 1. The van der Waals surface area contributed by atoms with Gasteiger partial charge in [-0.25, -0.2) is 8.78 Å². The second-order valence-electron chi connectivity index (χ2n) is 8.28. The molecule has 28 heavy (non-hydrogen) atoms. The minimum Gasteiger partial charge on any atom is -0.399 e. The van der Waals surface area contributed by atoms with Gasteiger partial charge in [0.25, 0.3) is 0 Å². The Morgan fingerprint density at radius 2 is 1.39 bits per heavy atom. The number of hydrogen-bond acceptors (Lipinski definition) is 1. The van der Waals surface area contributed by atoms with Crippen molar-refractivity contribution in [2.24, 2.45) is 17.8 Å². The maximum absolute atomic E-state index is 14.0. The average Bonchev–Trinajstić information content (AvgIpc) is 2.65. The molecule has 0 atom stereocenters. The fourth-order valence-corrected chi connectivity index (χ4v) is 5.08. The lowest BCUT2D eigenvalue weighted by Crippen LogP contribution is -2.25. The molecule has 0 radical (unpaired) electrons. The van der Waals surface area contributed by atoms with E-state index in [1.54, 1.807) is 0 Å². The lowest BCUT2D eigenvalue weighted by molar-refractivity contribution is -0.276. The Kier molecular flexibility index (Phi) is 6.66. The van der Waals surface area contributed by atoms with E-state index in [1.165, 1.54) is 25.7 Å². The van der Waals surface area contributed by atoms with Crippen LogP contribution in [0.4, 0.5) is 22.0 Å². The highest BCUT2D eigenvalue weighted by Crippen LogP contribution is 2.45. The quantitative estimate of drug-likeness (QED) is 0.366. The van der Waals surface area contributed by atoms with Crippen LogP contribution in [0.15, 0.2) is 24.8 Å². The largest absolute Gasteiger partial charge is 0.573 e. The van der Waals surface area contributed by atoms with Gasteiger partial charge in [-0.1, -0.05) is 6.08 Å². The zero-order valence-corrected chi connectivity index (χ0v) is 15.9. The Hall–Kier alpha value is -1.59. The second-order valence-corrected chi connectivity index (χ2v) is 8.28. The summed E-state index contributed by atoms with van der Waals surface area (Å²) in [5.41, 5.74) is 0.428. The molecule has 1 aromatic rings. The molecule has 1 nitrogen and oxygen atoms in total. The van der Waals surface area contributed by atoms with E-state index in [0.29, 0.717) is 11.5 Å². The van der Waals surface area contributed by atoms with Gasteiger partial charge >= 0.3 is 6.36 Å². The van der Waals surface area contributed by atoms with Gasteiger partial charge in [-0.2, -0.15) is 0 Å². The molecule has 6 heteroatoms. The van der Waals surface area contributed by atoms with Crippen molar-refractivity contribution >= 4 is 0 Å². The van der Waals surface area contributed by atoms with Crippen molar-refractivity contribution in [2.45, 2.75) is 70.1 Å². The van der Waals surface area contributed by atoms with Gasteiger partial charge in [-0.3, -0.25) is 0 Å². The van der Waals surface area contributed by atoms with Crippen molar-refractivity contribution in [1.82, 2.24) is 0 Å². The molecule has 0 bridgehead atoms. The van der Waals surface area contributed by atoms with Crippen molar-refractivity contribution in [3.8, 4) is 5.75 Å². The van der Waals surface area contributed by atoms with Crippen molar-refractivity contribution in [3.63, 3.8) is 0 Å². The Morgan fingerprint density at radius 3 is 1.86 bits per heavy atom. The number of alkyl halides is 3. The Bertz CT molecular complexity index is 645. The lowest BCUT2D eigenvalue weighted by Gasteiger charge is -2.38. The van der Waals surface area contributed by atoms with Gasteiger partial charge in [0.2, 0.25) is 5.75 Å². The zero-order chi connectivity index (χ0) is 20.3. The topological polar surface area (TPSA) is 9.23 Å². The van der Waals surface area contributed by atoms with E-state index >= 15 is 0 Å². The highest BCUT2D eigenvalue weighted by atomic mass is 19.4. The summed E-state index contributed by atoms with van der Waals surface area (Å²) < 4.78 is 68.3. The molecule has 0 N–H and O–H groups in total. The number of rotatable bonds is 5. The van der Waals surface area contributed by atoms with E-state index in [0.717, 1.165) is 56.1 Å². The highest BCUT2D eigenvalue weighted by Gasteiger charge is 2.35. The van der Waals surface area contributed by atoms with Crippen molar-refractivity contribution < 1.29 is 26.7 Å². The standard InChI is InChI=1S/C22H27F5O/c1-2-3-14-4-6-15(7-5-14)16-8-10-17(11-9-16)18-12-19(23)21(20(24)13-18)28-22(25,26)27/h2,12-17H,1,3-11H2/t14-,15-,16-,17-. The van der Waals surface area contributed by atoms with Crippen LogP contribution in [0.5, 0.6) is 5.75 Å². The van der Waals surface area contributed by atoms with Crippen LogP contribution < -0.4 is 4.74 Å². The van der Waals surface area contributed by atoms with Gasteiger partial charge in [0.05, 0.1) is 0 Å². The van der Waals surface area contributed by atoms with E-state index in [9.17, 15) is 22.0 Å². The average molecular weight is 402 g/mol. The summed E-state index contributed by atoms with van der Waals surface area (Å²) in [5.74, 6) is -1.86. The Balaban J connectivity index is 1.57. The van der Waals surface area contributed by atoms with Gasteiger partial charge in [0.15, 0.2) is 11.6 Å². The molecule has 2 aliphatic rings. The van der Waals surface area contributed by atoms with Crippen LogP contribution in [0.2, 0.25) is 0 Å². The van der Waals surface area contributed by atoms with Gasteiger partial charge in [0.1, 0.15) is 0 Å². The lowest BCUT2D eigenvalue weighted by atomic mass is 9.68. The fraction of sp³-hybridized carbons (Fsp3) is 0.636. The number of ether oxygens (including phenoxy) is 1. The molecule has 2 aliphatic carbocycles. The van der Waals surface area contributed by atoms with Gasteiger partial charge in [-0.15, -0.1) is 19.8 Å². The van der Waals surface area contributed by atoms with Crippen LogP contribution in [0.25, 0.3) is 0 Å². The van der Waals surface area contributed by atoms with E-state index in [4.69, 9.17) is 0 Å². The minimum absolute atomic E-state index is 0.0164. The molecule has 0 amide bonds. The van der Waals surface area contributed by atoms with E-state index in [1.807, 2.05) is 6.08 Å². The van der Waals surface area contributed by atoms with Crippen LogP contribution in [0.3, 0.4) is 0 Å². The Labute approximate surface area is 163 Å². The summed E-state index contributed by atoms with van der Waals surface area (Å²) in [6, 6.07) is 1.99. The SMILES string of the molecule is C=CC[C@H]1CC[C@H]([C@H]2CC[C@H](c3cc(F)c(OC(F)(F)F)c(F)c3)CC2)CC1. The summed E-state index contributed by atoms with van der Waals surface area (Å²) in [5, 5.41) is 0. The monoisotopic (exact) mass is 402 g/mol. The summed E-state index contributed by atoms with van der Waals surface area (Å²) in [6.07, 6.45) is 6.57. The minimum atomic E-state index is -5.12. The first-order chi connectivity index (χ1) is 13.3. The highest BCUT2D eigenvalue weighted by molar-refractivity contribution is 5.33. The third kappa shape index (κ3) is 5.26. The summed E-state index contributed by atoms with van der Waals surface area (Å²) in [7, 11) is 0. The molecule has 0 aliphatic heterocycles. The molecule has 0 heterocycles. The summed E-state index contributed by atoms with van der Waals surface area (Å²) >= 11 is 0. The summed E-state index contributed by atoms with van der Waals surface area (Å²) in [6.45, 7) is 3.82. The maximum atomic E-state index is 14.0. The predicted octanol–water partition coefficient (Wildman–Crippen LogP) is 7.52. The molecule has 156 valence electrons. The molecular weight excluding hydrogens is 375 g/mol. The Morgan fingerprint density at radius 1 is 0.893 bits per heavy atom. The third-order valence-corrected chi connectivity index (χ3v) is 6.54. The maximum Gasteiger partial charge on any atom is 0.573 e. The van der Waals surface area contributed by atoms with Crippen molar-refractivity contribution in [2.75, 3.05) is 0 Å². The van der Waals surface area contributed by atoms with Crippen LogP contribution in [-0.4, -0.2) is 6.36 Å². The second kappa shape index (κ2) is 8.83. The number of allylic oxidation sites excluding steroid dienone is 1. The first-order valence-corrected chi connectivity index (χ1v) is 10.1. The zero-order valence-electron chi connectivity index (χ0n) is 15.9. The molecule has 0 spiro atoms. The van der Waals surface area contributed by atoms with Crippen molar-refractivity contribution in [1.29, 1.82) is 0 Å². The predicted molar refractivity (Wildman–Crippen MR) is 98.0 cm³/mol. The van der Waals surface area contributed by atoms with E-state index in [2.05, 4.69) is 11.3 Å². The molecule has 2 saturated carbocycles. The fourth-order valence-electron chi connectivity index (χ4n) is 5.08. The molecule has 1 aromatic carbocycles. The van der Waals surface area contributed by atoms with Crippen LogP contribution >= 0.6 is 0 Å². The van der Waals surface area contributed by atoms with Crippen LogP contribution in [0.1, 0.15) is 69.3 Å². The molecule has 3 rings (SSSR count). The first-order valence-electron chi connectivity index (χ1n) is 10.1. The van der Waals surface area contributed by atoms with E-state index < -0.39 is 23.7 Å². The third-order valence-electron chi connectivity index (χ3n) is 6.54. The van der Waals surface area contributed by atoms with E-state index in [-0.39, 0.29) is 5.92 Å². The molecule has 0 saturated heterocycles. The van der Waals surface area contributed by atoms with Gasteiger partial charge in [-0.05, 0) is 99.2 Å². The molecule has 2 fully saturated rings. The summed E-state index contributed by atoms with van der Waals surface area (Å²) in [4.78, 5) is 0. The molecular formula is C22H27F5O. The first kappa shape index (κ1) is 21.1. The molecule has 0 aromatic heterocycles. The van der Waals surface area contributed by atoms with Crippen molar-refractivity contribution in [3.05, 3.63) is 42.0 Å².